The van der Waals surface area contributed by atoms with Crippen LogP contribution in [0.15, 0.2) is 59.5 Å². The molecule has 0 aromatic heterocycles. The Labute approximate surface area is 135 Å². The molecule has 0 spiro atoms. The molecule has 0 aliphatic heterocycles. The predicted octanol–water partition coefficient (Wildman–Crippen LogP) is 3.47. The third-order valence-corrected chi connectivity index (χ3v) is 5.35. The number of benzene rings is 2. The fourth-order valence-electron chi connectivity index (χ4n) is 1.97. The van der Waals surface area contributed by atoms with Crippen molar-refractivity contribution in [2.24, 2.45) is 0 Å². The largest absolute Gasteiger partial charge is 0.242 e. The first-order valence-electron chi connectivity index (χ1n) is 6.39. The zero-order chi connectivity index (χ0) is 15.3. The van der Waals surface area contributed by atoms with E-state index in [1.54, 1.807) is 18.2 Å². The zero-order valence-corrected chi connectivity index (χ0v) is 13.5. The molecular weight excluding hydrogens is 329 g/mol. The van der Waals surface area contributed by atoms with Crippen molar-refractivity contribution in [3.63, 3.8) is 0 Å². The summed E-state index contributed by atoms with van der Waals surface area (Å²) in [6, 6.07) is 15.5. The quantitative estimate of drug-likeness (QED) is 0.816. The minimum atomic E-state index is -3.69. The summed E-state index contributed by atoms with van der Waals surface area (Å²) in [4.78, 5) is 0.0647. The molecule has 112 valence electrons. The van der Waals surface area contributed by atoms with E-state index in [0.717, 1.165) is 5.56 Å². The van der Waals surface area contributed by atoms with Gasteiger partial charge in [0.1, 0.15) is 4.90 Å². The van der Waals surface area contributed by atoms with Crippen LogP contribution in [0.25, 0.3) is 0 Å². The van der Waals surface area contributed by atoms with E-state index in [-0.39, 0.29) is 15.8 Å². The highest BCUT2D eigenvalue weighted by molar-refractivity contribution is 7.89. The molecule has 0 fully saturated rings. The highest BCUT2D eigenvalue weighted by atomic mass is 35.5. The summed E-state index contributed by atoms with van der Waals surface area (Å²) >= 11 is 11.8. The van der Waals surface area contributed by atoms with Crippen molar-refractivity contribution in [1.82, 2.24) is 4.72 Å². The van der Waals surface area contributed by atoms with Gasteiger partial charge in [-0.2, -0.15) is 0 Å². The van der Waals surface area contributed by atoms with E-state index in [4.69, 9.17) is 23.2 Å². The molecule has 0 bridgehead atoms. The molecule has 2 aromatic rings. The third kappa shape index (κ3) is 4.45. The molecule has 21 heavy (non-hydrogen) atoms. The van der Waals surface area contributed by atoms with Gasteiger partial charge in [-0.1, -0.05) is 54.1 Å². The number of nitrogens with one attached hydrogen (secondary N) is 1. The fourth-order valence-corrected chi connectivity index (χ4v) is 4.01. The van der Waals surface area contributed by atoms with E-state index >= 15 is 0 Å². The zero-order valence-electron chi connectivity index (χ0n) is 11.2. The Morgan fingerprint density at radius 1 is 1.00 bits per heavy atom. The Kier molecular flexibility index (Phi) is 5.65. The van der Waals surface area contributed by atoms with Crippen molar-refractivity contribution in [3.8, 4) is 0 Å². The molecule has 0 saturated heterocycles. The van der Waals surface area contributed by atoms with Crippen LogP contribution in [0.5, 0.6) is 0 Å². The van der Waals surface area contributed by atoms with E-state index < -0.39 is 16.1 Å². The number of halogens is 2. The van der Waals surface area contributed by atoms with E-state index in [1.807, 2.05) is 30.3 Å². The van der Waals surface area contributed by atoms with Crippen molar-refractivity contribution in [2.75, 3.05) is 5.88 Å². The highest BCUT2D eigenvalue weighted by Crippen LogP contribution is 2.21. The second kappa shape index (κ2) is 7.27. The maximum absolute atomic E-state index is 12.4. The van der Waals surface area contributed by atoms with E-state index in [0.29, 0.717) is 6.42 Å². The van der Waals surface area contributed by atoms with Gasteiger partial charge in [0.15, 0.2) is 0 Å². The molecule has 0 aliphatic rings. The minimum absolute atomic E-state index is 0.0647. The predicted molar refractivity (Wildman–Crippen MR) is 86.4 cm³/mol. The number of alkyl halides is 1. The molecule has 0 aliphatic carbocycles. The molecule has 0 heterocycles. The van der Waals surface area contributed by atoms with Gasteiger partial charge < -0.3 is 0 Å². The molecule has 1 unspecified atom stereocenters. The molecule has 2 aromatic carbocycles. The van der Waals surface area contributed by atoms with E-state index in [9.17, 15) is 8.42 Å². The van der Waals surface area contributed by atoms with E-state index in [2.05, 4.69) is 4.72 Å². The molecule has 2 rings (SSSR count). The van der Waals surface area contributed by atoms with Gasteiger partial charge in [0.05, 0.1) is 5.02 Å². The van der Waals surface area contributed by atoms with Crippen LogP contribution in [-0.4, -0.2) is 20.3 Å². The van der Waals surface area contributed by atoms with Gasteiger partial charge in [0.2, 0.25) is 10.0 Å². The number of hydrogen-bond acceptors (Lipinski definition) is 2. The topological polar surface area (TPSA) is 46.2 Å². The Hall–Kier alpha value is -1.07. The maximum Gasteiger partial charge on any atom is 0.242 e. The summed E-state index contributed by atoms with van der Waals surface area (Å²) < 4.78 is 27.3. The number of hydrogen-bond donors (Lipinski definition) is 1. The average Bonchev–Trinajstić information content (AvgIpc) is 2.47. The SMILES string of the molecule is O=S(=O)(NC(CCl)Cc1ccccc1)c1ccccc1Cl. The average molecular weight is 344 g/mol. The lowest BCUT2D eigenvalue weighted by atomic mass is 10.1. The van der Waals surface area contributed by atoms with Crippen LogP contribution in [0, 0.1) is 0 Å². The lowest BCUT2D eigenvalue weighted by Gasteiger charge is -2.17. The first kappa shape index (κ1) is 16.3. The van der Waals surface area contributed by atoms with Crippen LogP contribution in [0.3, 0.4) is 0 Å². The molecule has 0 radical (unpaired) electrons. The Balaban J connectivity index is 2.16. The maximum atomic E-state index is 12.4. The molecule has 0 amide bonds. The van der Waals surface area contributed by atoms with Crippen LogP contribution < -0.4 is 4.72 Å². The Morgan fingerprint density at radius 2 is 1.62 bits per heavy atom. The lowest BCUT2D eigenvalue weighted by Crippen LogP contribution is -2.37. The van der Waals surface area contributed by atoms with Crippen LogP contribution in [0.1, 0.15) is 5.56 Å². The van der Waals surface area contributed by atoms with Gasteiger partial charge >= 0.3 is 0 Å². The Morgan fingerprint density at radius 3 is 2.24 bits per heavy atom. The fraction of sp³-hybridized carbons (Fsp3) is 0.200. The Bertz CT molecular complexity index is 690. The van der Waals surface area contributed by atoms with Gasteiger partial charge in [0.25, 0.3) is 0 Å². The molecule has 1 atom stereocenters. The second-order valence-corrected chi connectivity index (χ2v) is 6.99. The van der Waals surface area contributed by atoms with Crippen molar-refractivity contribution in [2.45, 2.75) is 17.4 Å². The van der Waals surface area contributed by atoms with Crippen LogP contribution in [0.4, 0.5) is 0 Å². The second-order valence-electron chi connectivity index (χ2n) is 4.59. The summed E-state index contributed by atoms with van der Waals surface area (Å²) in [5, 5.41) is 0.193. The molecule has 1 N–H and O–H groups in total. The standard InChI is InChI=1S/C15H15Cl2NO2S/c16-11-13(10-12-6-2-1-3-7-12)18-21(19,20)15-9-5-4-8-14(15)17/h1-9,13,18H,10-11H2. The molecule has 0 saturated carbocycles. The van der Waals surface area contributed by atoms with Crippen molar-refractivity contribution >= 4 is 33.2 Å². The van der Waals surface area contributed by atoms with Crippen molar-refractivity contribution in [3.05, 3.63) is 65.2 Å². The molecule has 6 heteroatoms. The number of rotatable bonds is 6. The summed E-state index contributed by atoms with van der Waals surface area (Å²) in [6.07, 6.45) is 0.522. The van der Waals surface area contributed by atoms with Gasteiger partial charge in [0, 0.05) is 11.9 Å². The van der Waals surface area contributed by atoms with E-state index in [1.165, 1.54) is 6.07 Å². The monoisotopic (exact) mass is 343 g/mol. The third-order valence-electron chi connectivity index (χ3n) is 2.96. The van der Waals surface area contributed by atoms with Crippen LogP contribution in [0.2, 0.25) is 5.02 Å². The summed E-state index contributed by atoms with van der Waals surface area (Å²) in [6.45, 7) is 0. The van der Waals surface area contributed by atoms with Crippen molar-refractivity contribution in [1.29, 1.82) is 0 Å². The van der Waals surface area contributed by atoms with Gasteiger partial charge in [-0.05, 0) is 24.1 Å². The van der Waals surface area contributed by atoms with Crippen molar-refractivity contribution < 1.29 is 8.42 Å². The minimum Gasteiger partial charge on any atom is -0.207 e. The summed E-state index contributed by atoms with van der Waals surface area (Å²) in [5.41, 5.74) is 1.02. The summed E-state index contributed by atoms with van der Waals surface area (Å²) in [5.74, 6) is 0.179. The lowest BCUT2D eigenvalue weighted by molar-refractivity contribution is 0.561. The van der Waals surface area contributed by atoms with Gasteiger partial charge in [-0.3, -0.25) is 0 Å². The number of sulfonamides is 1. The smallest absolute Gasteiger partial charge is 0.207 e. The van der Waals surface area contributed by atoms with Crippen LogP contribution in [-0.2, 0) is 16.4 Å². The highest BCUT2D eigenvalue weighted by Gasteiger charge is 2.21. The van der Waals surface area contributed by atoms with Gasteiger partial charge in [-0.15, -0.1) is 11.6 Å². The first-order valence-corrected chi connectivity index (χ1v) is 8.79. The van der Waals surface area contributed by atoms with Gasteiger partial charge in [-0.25, -0.2) is 13.1 Å². The molecule has 3 nitrogen and oxygen atoms in total. The summed E-state index contributed by atoms with van der Waals surface area (Å²) in [7, 11) is -3.69. The van der Waals surface area contributed by atoms with Crippen LogP contribution >= 0.6 is 23.2 Å². The first-order chi connectivity index (χ1) is 10.0. The molecular formula is C15H15Cl2NO2S. The normalized spacial score (nSPS) is 13.0.